The Hall–Kier alpha value is -0.120. The Morgan fingerprint density at radius 3 is 2.27 bits per heavy atom. The first-order valence-electron chi connectivity index (χ1n) is 6.06. The molecular formula is C12H28N2O. The number of ether oxygens (including phenoxy) is 1. The summed E-state index contributed by atoms with van der Waals surface area (Å²) >= 11 is 0. The van der Waals surface area contributed by atoms with Crippen LogP contribution in [-0.2, 0) is 4.74 Å². The van der Waals surface area contributed by atoms with E-state index < -0.39 is 0 Å². The second kappa shape index (κ2) is 7.20. The van der Waals surface area contributed by atoms with Crippen LogP contribution in [0.2, 0.25) is 0 Å². The van der Waals surface area contributed by atoms with Crippen LogP contribution >= 0.6 is 0 Å². The predicted molar refractivity (Wildman–Crippen MR) is 66.1 cm³/mol. The Morgan fingerprint density at radius 2 is 1.93 bits per heavy atom. The highest BCUT2D eigenvalue weighted by atomic mass is 16.5. The molecule has 0 aliphatic rings. The van der Waals surface area contributed by atoms with Crippen molar-refractivity contribution in [3.05, 3.63) is 0 Å². The summed E-state index contributed by atoms with van der Waals surface area (Å²) in [7, 11) is 0. The molecule has 0 aromatic heterocycles. The standard InChI is InChI=1S/C12H28N2O/c1-6-8-14(11(3)4)12(5,9-13)10-15-7-2/h11H,6-10,13H2,1-5H3. The van der Waals surface area contributed by atoms with Crippen LogP contribution in [0.4, 0.5) is 0 Å². The fourth-order valence-corrected chi connectivity index (χ4v) is 1.97. The maximum absolute atomic E-state index is 5.90. The van der Waals surface area contributed by atoms with E-state index in [0.717, 1.165) is 26.2 Å². The van der Waals surface area contributed by atoms with Gasteiger partial charge in [0.05, 0.1) is 12.1 Å². The molecule has 0 saturated heterocycles. The Bertz CT molecular complexity index is 162. The summed E-state index contributed by atoms with van der Waals surface area (Å²) in [5.74, 6) is 0. The van der Waals surface area contributed by atoms with Crippen LogP contribution in [-0.4, -0.2) is 42.8 Å². The lowest BCUT2D eigenvalue weighted by molar-refractivity contribution is -0.00618. The Morgan fingerprint density at radius 1 is 1.33 bits per heavy atom. The van der Waals surface area contributed by atoms with Gasteiger partial charge in [-0.2, -0.15) is 0 Å². The first kappa shape index (κ1) is 14.9. The summed E-state index contributed by atoms with van der Waals surface area (Å²) in [5, 5.41) is 0. The second-order valence-corrected chi connectivity index (χ2v) is 4.63. The number of hydrogen-bond acceptors (Lipinski definition) is 3. The van der Waals surface area contributed by atoms with Gasteiger partial charge in [0.1, 0.15) is 0 Å². The van der Waals surface area contributed by atoms with Gasteiger partial charge in [0.2, 0.25) is 0 Å². The van der Waals surface area contributed by atoms with Gasteiger partial charge in [-0.1, -0.05) is 6.92 Å². The third kappa shape index (κ3) is 4.49. The van der Waals surface area contributed by atoms with Crippen LogP contribution in [0.3, 0.4) is 0 Å². The zero-order valence-electron chi connectivity index (χ0n) is 11.0. The molecule has 0 aromatic carbocycles. The van der Waals surface area contributed by atoms with Crippen molar-refractivity contribution < 1.29 is 4.74 Å². The fourth-order valence-electron chi connectivity index (χ4n) is 1.97. The molecular weight excluding hydrogens is 188 g/mol. The maximum Gasteiger partial charge on any atom is 0.0660 e. The molecule has 0 rings (SSSR count). The molecule has 0 fully saturated rings. The van der Waals surface area contributed by atoms with Crippen LogP contribution in [0, 0.1) is 0 Å². The maximum atomic E-state index is 5.90. The van der Waals surface area contributed by atoms with Crippen LogP contribution < -0.4 is 5.73 Å². The van der Waals surface area contributed by atoms with Gasteiger partial charge < -0.3 is 10.5 Å². The van der Waals surface area contributed by atoms with Crippen LogP contribution in [0.5, 0.6) is 0 Å². The molecule has 15 heavy (non-hydrogen) atoms. The molecule has 0 spiro atoms. The molecule has 1 unspecified atom stereocenters. The Balaban J connectivity index is 4.53. The molecule has 1 atom stereocenters. The third-order valence-electron chi connectivity index (χ3n) is 2.84. The average Bonchev–Trinajstić information content (AvgIpc) is 2.22. The monoisotopic (exact) mass is 216 g/mol. The lowest BCUT2D eigenvalue weighted by Crippen LogP contribution is -2.57. The molecule has 92 valence electrons. The van der Waals surface area contributed by atoms with Crippen molar-refractivity contribution in [2.45, 2.75) is 52.6 Å². The van der Waals surface area contributed by atoms with Crippen molar-refractivity contribution in [3.8, 4) is 0 Å². The van der Waals surface area contributed by atoms with Crippen molar-refractivity contribution in [2.24, 2.45) is 5.73 Å². The molecule has 0 saturated carbocycles. The molecule has 3 heteroatoms. The van der Waals surface area contributed by atoms with E-state index in [0.29, 0.717) is 12.6 Å². The number of nitrogens with two attached hydrogens (primary N) is 1. The van der Waals surface area contributed by atoms with E-state index >= 15 is 0 Å². The zero-order chi connectivity index (χ0) is 11.9. The normalized spacial score (nSPS) is 16.0. The SMILES string of the molecule is CCCN(C(C)C)C(C)(CN)COCC. The number of rotatable bonds is 8. The van der Waals surface area contributed by atoms with Crippen molar-refractivity contribution in [1.82, 2.24) is 4.90 Å². The van der Waals surface area contributed by atoms with Gasteiger partial charge in [0, 0.05) is 19.2 Å². The molecule has 0 radical (unpaired) electrons. The van der Waals surface area contributed by atoms with E-state index in [4.69, 9.17) is 10.5 Å². The van der Waals surface area contributed by atoms with Crippen LogP contribution in [0.1, 0.15) is 41.0 Å². The van der Waals surface area contributed by atoms with Gasteiger partial charge >= 0.3 is 0 Å². The molecule has 0 bridgehead atoms. The van der Waals surface area contributed by atoms with Crippen molar-refractivity contribution >= 4 is 0 Å². The molecule has 0 aliphatic heterocycles. The summed E-state index contributed by atoms with van der Waals surface area (Å²) in [6, 6.07) is 0.513. The van der Waals surface area contributed by atoms with Gasteiger partial charge in [-0.05, 0) is 40.7 Å². The molecule has 0 aromatic rings. The van der Waals surface area contributed by atoms with Crippen molar-refractivity contribution in [2.75, 3.05) is 26.3 Å². The quantitative estimate of drug-likeness (QED) is 0.673. The lowest BCUT2D eigenvalue weighted by atomic mass is 9.99. The minimum Gasteiger partial charge on any atom is -0.380 e. The summed E-state index contributed by atoms with van der Waals surface area (Å²) in [6.07, 6.45) is 1.15. The lowest BCUT2D eigenvalue weighted by Gasteiger charge is -2.43. The number of hydrogen-bond donors (Lipinski definition) is 1. The molecule has 0 aliphatic carbocycles. The smallest absolute Gasteiger partial charge is 0.0660 e. The van der Waals surface area contributed by atoms with E-state index in [1.54, 1.807) is 0 Å². The van der Waals surface area contributed by atoms with Gasteiger partial charge in [0.25, 0.3) is 0 Å². The van der Waals surface area contributed by atoms with Gasteiger partial charge in [-0.3, -0.25) is 4.90 Å². The fraction of sp³-hybridized carbons (Fsp3) is 1.00. The molecule has 0 amide bonds. The summed E-state index contributed by atoms with van der Waals surface area (Å²) in [6.45, 7) is 14.1. The van der Waals surface area contributed by atoms with E-state index in [2.05, 4.69) is 32.6 Å². The van der Waals surface area contributed by atoms with Crippen molar-refractivity contribution in [3.63, 3.8) is 0 Å². The second-order valence-electron chi connectivity index (χ2n) is 4.63. The first-order chi connectivity index (χ1) is 7.01. The summed E-state index contributed by atoms with van der Waals surface area (Å²) < 4.78 is 5.55. The minimum atomic E-state index is -0.0276. The van der Waals surface area contributed by atoms with E-state index in [9.17, 15) is 0 Å². The highest BCUT2D eigenvalue weighted by molar-refractivity contribution is 4.89. The third-order valence-corrected chi connectivity index (χ3v) is 2.84. The predicted octanol–water partition coefficient (Wildman–Crippen LogP) is 1.86. The highest BCUT2D eigenvalue weighted by Crippen LogP contribution is 2.18. The van der Waals surface area contributed by atoms with Crippen LogP contribution in [0.15, 0.2) is 0 Å². The first-order valence-corrected chi connectivity index (χ1v) is 6.06. The summed E-state index contributed by atoms with van der Waals surface area (Å²) in [4.78, 5) is 2.45. The zero-order valence-corrected chi connectivity index (χ0v) is 11.0. The largest absolute Gasteiger partial charge is 0.380 e. The van der Waals surface area contributed by atoms with Gasteiger partial charge in [-0.25, -0.2) is 0 Å². The molecule has 2 N–H and O–H groups in total. The van der Waals surface area contributed by atoms with Gasteiger partial charge in [0.15, 0.2) is 0 Å². The highest BCUT2D eigenvalue weighted by Gasteiger charge is 2.31. The Labute approximate surface area is 95.0 Å². The van der Waals surface area contributed by atoms with E-state index in [1.165, 1.54) is 0 Å². The average molecular weight is 216 g/mol. The minimum absolute atomic E-state index is 0.0276. The van der Waals surface area contributed by atoms with Gasteiger partial charge in [-0.15, -0.1) is 0 Å². The molecule has 3 nitrogen and oxygen atoms in total. The molecule has 0 heterocycles. The Kier molecular flexibility index (Phi) is 7.14. The van der Waals surface area contributed by atoms with Crippen LogP contribution in [0.25, 0.3) is 0 Å². The number of nitrogens with zero attached hydrogens (tertiary/aromatic N) is 1. The summed E-state index contributed by atoms with van der Waals surface area (Å²) in [5.41, 5.74) is 5.87. The van der Waals surface area contributed by atoms with Crippen molar-refractivity contribution in [1.29, 1.82) is 0 Å². The van der Waals surface area contributed by atoms with E-state index in [-0.39, 0.29) is 5.54 Å². The topological polar surface area (TPSA) is 38.5 Å². The van der Waals surface area contributed by atoms with E-state index in [1.807, 2.05) is 6.92 Å².